The van der Waals surface area contributed by atoms with Gasteiger partial charge in [0.2, 0.25) is 0 Å². The molecule has 0 amide bonds. The van der Waals surface area contributed by atoms with Gasteiger partial charge in [-0.25, -0.2) is 0 Å². The zero-order valence-corrected chi connectivity index (χ0v) is 12.7. The Bertz CT molecular complexity index is 392. The molecule has 106 valence electrons. The van der Waals surface area contributed by atoms with Crippen molar-refractivity contribution in [3.8, 4) is 0 Å². The van der Waals surface area contributed by atoms with Crippen LogP contribution in [0.5, 0.6) is 0 Å². The molecule has 0 spiro atoms. The minimum atomic E-state index is 0.561. The maximum absolute atomic E-state index is 4.26. The summed E-state index contributed by atoms with van der Waals surface area (Å²) in [5, 5.41) is 3.68. The van der Waals surface area contributed by atoms with E-state index in [1.165, 1.54) is 49.8 Å². The average Bonchev–Trinajstić information content (AvgIpc) is 2.77. The molecule has 2 nitrogen and oxygen atoms in total. The van der Waals surface area contributed by atoms with Crippen LogP contribution < -0.4 is 5.32 Å². The topological polar surface area (TPSA) is 24.9 Å². The molecule has 19 heavy (non-hydrogen) atoms. The van der Waals surface area contributed by atoms with Crippen LogP contribution in [0.15, 0.2) is 18.5 Å². The third-order valence-corrected chi connectivity index (χ3v) is 4.27. The summed E-state index contributed by atoms with van der Waals surface area (Å²) in [6.45, 7) is 8.93. The van der Waals surface area contributed by atoms with E-state index in [0.717, 1.165) is 12.5 Å². The van der Waals surface area contributed by atoms with E-state index in [-0.39, 0.29) is 0 Å². The number of nitrogens with one attached hydrogen (secondary N) is 1. The van der Waals surface area contributed by atoms with Gasteiger partial charge in [0.25, 0.3) is 0 Å². The Morgan fingerprint density at radius 2 is 2.00 bits per heavy atom. The quantitative estimate of drug-likeness (QED) is 0.833. The fraction of sp³-hybridized carbons (Fsp3) is 0.706. The lowest BCUT2D eigenvalue weighted by Crippen LogP contribution is -2.33. The number of pyridine rings is 1. The maximum Gasteiger partial charge on any atom is 0.0313 e. The second kappa shape index (κ2) is 6.51. The van der Waals surface area contributed by atoms with Crippen molar-refractivity contribution < 1.29 is 0 Å². The van der Waals surface area contributed by atoms with Gasteiger partial charge in [-0.2, -0.15) is 0 Å². The molecule has 0 saturated heterocycles. The van der Waals surface area contributed by atoms with Crippen molar-refractivity contribution >= 4 is 0 Å². The zero-order chi connectivity index (χ0) is 13.7. The lowest BCUT2D eigenvalue weighted by molar-refractivity contribution is 0.223. The highest BCUT2D eigenvalue weighted by Crippen LogP contribution is 2.42. The van der Waals surface area contributed by atoms with Crippen LogP contribution in [0.3, 0.4) is 0 Å². The second-order valence-electron chi connectivity index (χ2n) is 6.78. The summed E-state index contributed by atoms with van der Waals surface area (Å²) < 4.78 is 0. The number of aryl methyl sites for hydroxylation is 1. The van der Waals surface area contributed by atoms with Crippen molar-refractivity contribution in [1.29, 1.82) is 0 Å². The van der Waals surface area contributed by atoms with Crippen molar-refractivity contribution in [2.45, 2.75) is 59.4 Å². The van der Waals surface area contributed by atoms with Gasteiger partial charge in [-0.15, -0.1) is 0 Å². The predicted octanol–water partition coefficient (Wildman–Crippen LogP) is 4.09. The molecule has 0 radical (unpaired) electrons. The third-order valence-electron chi connectivity index (χ3n) is 4.27. The molecule has 0 bridgehead atoms. The summed E-state index contributed by atoms with van der Waals surface area (Å²) in [5.74, 6) is 0.806. The molecule has 1 saturated carbocycles. The standard InChI is InChI=1S/C17H28N2/c1-14(2)9-17(6-4-5-7-17)13-19-12-16-8-15(3)10-18-11-16/h8,10-11,14,19H,4-7,9,12-13H2,1-3H3. The molecule has 1 aromatic rings. The Kier molecular flexibility index (Phi) is 4.98. The van der Waals surface area contributed by atoms with E-state index in [4.69, 9.17) is 0 Å². The van der Waals surface area contributed by atoms with E-state index < -0.39 is 0 Å². The Morgan fingerprint density at radius 3 is 2.63 bits per heavy atom. The molecule has 1 aliphatic carbocycles. The van der Waals surface area contributed by atoms with Crippen molar-refractivity contribution in [2.24, 2.45) is 11.3 Å². The molecular formula is C17H28N2. The Balaban J connectivity index is 1.86. The smallest absolute Gasteiger partial charge is 0.0313 e. The van der Waals surface area contributed by atoms with E-state index in [9.17, 15) is 0 Å². The molecule has 1 N–H and O–H groups in total. The summed E-state index contributed by atoms with van der Waals surface area (Å²) >= 11 is 0. The Labute approximate surface area is 118 Å². The summed E-state index contributed by atoms with van der Waals surface area (Å²) in [7, 11) is 0. The lowest BCUT2D eigenvalue weighted by atomic mass is 9.78. The lowest BCUT2D eigenvalue weighted by Gasteiger charge is -2.31. The van der Waals surface area contributed by atoms with Gasteiger partial charge in [0.05, 0.1) is 0 Å². The monoisotopic (exact) mass is 260 g/mol. The van der Waals surface area contributed by atoms with E-state index in [2.05, 4.69) is 37.1 Å². The third kappa shape index (κ3) is 4.31. The van der Waals surface area contributed by atoms with Gasteiger partial charge in [-0.1, -0.05) is 32.8 Å². The molecule has 1 fully saturated rings. The van der Waals surface area contributed by atoms with E-state index in [1.807, 2.05) is 12.4 Å². The number of hydrogen-bond donors (Lipinski definition) is 1. The number of nitrogens with zero attached hydrogens (tertiary/aromatic N) is 1. The summed E-state index contributed by atoms with van der Waals surface area (Å²) in [6, 6.07) is 2.23. The SMILES string of the molecule is Cc1cncc(CNCC2(CC(C)C)CCCC2)c1. The van der Waals surface area contributed by atoms with Crippen LogP contribution in [0.25, 0.3) is 0 Å². The second-order valence-corrected chi connectivity index (χ2v) is 6.78. The maximum atomic E-state index is 4.26. The van der Waals surface area contributed by atoms with Gasteiger partial charge in [0.1, 0.15) is 0 Å². The van der Waals surface area contributed by atoms with Crippen molar-refractivity contribution in [1.82, 2.24) is 10.3 Å². The van der Waals surface area contributed by atoms with Crippen LogP contribution in [-0.2, 0) is 6.54 Å². The number of aromatic nitrogens is 1. The van der Waals surface area contributed by atoms with Gasteiger partial charge in [0.15, 0.2) is 0 Å². The summed E-state index contributed by atoms with van der Waals surface area (Å²) in [4.78, 5) is 4.26. The largest absolute Gasteiger partial charge is 0.312 e. The first-order valence-corrected chi connectivity index (χ1v) is 7.71. The highest BCUT2D eigenvalue weighted by Gasteiger charge is 2.33. The first-order valence-electron chi connectivity index (χ1n) is 7.71. The summed E-state index contributed by atoms with van der Waals surface area (Å²) in [5.41, 5.74) is 3.11. The van der Waals surface area contributed by atoms with E-state index >= 15 is 0 Å². The fourth-order valence-electron chi connectivity index (χ4n) is 3.63. The molecular weight excluding hydrogens is 232 g/mol. The average molecular weight is 260 g/mol. The van der Waals surface area contributed by atoms with Crippen LogP contribution in [0.2, 0.25) is 0 Å². The molecule has 1 aromatic heterocycles. The fourth-order valence-corrected chi connectivity index (χ4v) is 3.63. The number of rotatable bonds is 6. The zero-order valence-electron chi connectivity index (χ0n) is 12.7. The molecule has 0 atom stereocenters. The predicted molar refractivity (Wildman–Crippen MR) is 81.0 cm³/mol. The van der Waals surface area contributed by atoms with Crippen LogP contribution in [-0.4, -0.2) is 11.5 Å². The molecule has 1 heterocycles. The highest BCUT2D eigenvalue weighted by atomic mass is 14.9. The number of hydrogen-bond acceptors (Lipinski definition) is 2. The minimum Gasteiger partial charge on any atom is -0.312 e. The van der Waals surface area contributed by atoms with Crippen molar-refractivity contribution in [2.75, 3.05) is 6.54 Å². The van der Waals surface area contributed by atoms with Gasteiger partial charge in [-0.3, -0.25) is 4.98 Å². The van der Waals surface area contributed by atoms with Crippen LogP contribution in [0.4, 0.5) is 0 Å². The molecule has 0 aliphatic heterocycles. The molecule has 2 heteroatoms. The first-order chi connectivity index (χ1) is 9.10. The first kappa shape index (κ1) is 14.5. The van der Waals surface area contributed by atoms with Crippen LogP contribution in [0, 0.1) is 18.3 Å². The molecule has 0 aromatic carbocycles. The van der Waals surface area contributed by atoms with Crippen LogP contribution in [0.1, 0.15) is 57.1 Å². The molecule has 2 rings (SSSR count). The normalized spacial score (nSPS) is 18.1. The minimum absolute atomic E-state index is 0.561. The van der Waals surface area contributed by atoms with Crippen molar-refractivity contribution in [3.63, 3.8) is 0 Å². The van der Waals surface area contributed by atoms with Gasteiger partial charge >= 0.3 is 0 Å². The van der Waals surface area contributed by atoms with Gasteiger partial charge in [0, 0.05) is 25.5 Å². The van der Waals surface area contributed by atoms with Crippen molar-refractivity contribution in [3.05, 3.63) is 29.6 Å². The summed E-state index contributed by atoms with van der Waals surface area (Å²) in [6.07, 6.45) is 10.9. The van der Waals surface area contributed by atoms with E-state index in [1.54, 1.807) is 0 Å². The molecule has 0 unspecified atom stereocenters. The van der Waals surface area contributed by atoms with E-state index in [0.29, 0.717) is 5.41 Å². The molecule has 1 aliphatic rings. The highest BCUT2D eigenvalue weighted by molar-refractivity contribution is 5.16. The Hall–Kier alpha value is -0.890. The van der Waals surface area contributed by atoms with Gasteiger partial charge in [-0.05, 0) is 48.6 Å². The Morgan fingerprint density at radius 1 is 1.26 bits per heavy atom. The van der Waals surface area contributed by atoms with Gasteiger partial charge < -0.3 is 5.32 Å². The van der Waals surface area contributed by atoms with Crippen LogP contribution >= 0.6 is 0 Å².